The van der Waals surface area contributed by atoms with Crippen LogP contribution in [0.1, 0.15) is 0 Å². The fourth-order valence-electron chi connectivity index (χ4n) is 0.402. The normalized spacial score (nSPS) is 20.8. The standard InChI is InChI=1S/C5H6OS2/c6-5-3-7-1-2-8-4-5/h1-2H,3-4H2. The van der Waals surface area contributed by atoms with Crippen molar-refractivity contribution in [2.45, 2.75) is 0 Å². The van der Waals surface area contributed by atoms with Crippen LogP contribution >= 0.6 is 23.5 Å². The van der Waals surface area contributed by atoms with Crippen molar-refractivity contribution in [2.75, 3.05) is 11.5 Å². The Morgan fingerprint density at radius 1 is 1.25 bits per heavy atom. The molecule has 0 saturated carbocycles. The van der Waals surface area contributed by atoms with Gasteiger partial charge in [-0.3, -0.25) is 4.79 Å². The van der Waals surface area contributed by atoms with Gasteiger partial charge in [-0.25, -0.2) is 0 Å². The van der Waals surface area contributed by atoms with E-state index in [0.29, 0.717) is 17.3 Å². The first kappa shape index (κ1) is 6.23. The van der Waals surface area contributed by atoms with Crippen molar-refractivity contribution in [1.29, 1.82) is 0 Å². The van der Waals surface area contributed by atoms with Crippen molar-refractivity contribution in [3.63, 3.8) is 0 Å². The third kappa shape index (κ3) is 1.92. The van der Waals surface area contributed by atoms with E-state index >= 15 is 0 Å². The maximum Gasteiger partial charge on any atom is 0.153 e. The monoisotopic (exact) mass is 146 g/mol. The second kappa shape index (κ2) is 3.20. The highest BCUT2D eigenvalue weighted by Gasteiger charge is 2.01. The Labute approximate surface area is 56.9 Å². The maximum absolute atomic E-state index is 10.6. The van der Waals surface area contributed by atoms with Crippen LogP contribution in [0.25, 0.3) is 0 Å². The van der Waals surface area contributed by atoms with E-state index in [2.05, 4.69) is 0 Å². The zero-order valence-electron chi connectivity index (χ0n) is 4.29. The summed E-state index contributed by atoms with van der Waals surface area (Å²) in [6, 6.07) is 0. The summed E-state index contributed by atoms with van der Waals surface area (Å²) in [6.45, 7) is 0. The molecular weight excluding hydrogens is 140 g/mol. The molecule has 1 heterocycles. The van der Waals surface area contributed by atoms with Gasteiger partial charge in [0.15, 0.2) is 5.78 Å². The fourth-order valence-corrected chi connectivity index (χ4v) is 1.93. The van der Waals surface area contributed by atoms with Gasteiger partial charge in [0, 0.05) is 0 Å². The molecule has 1 aliphatic rings. The Balaban J connectivity index is 2.39. The zero-order chi connectivity index (χ0) is 5.82. The molecule has 0 fully saturated rings. The average Bonchev–Trinajstić information content (AvgIpc) is 1.94. The van der Waals surface area contributed by atoms with Crippen LogP contribution in [0.15, 0.2) is 10.8 Å². The third-order valence-electron chi connectivity index (χ3n) is 0.737. The molecule has 0 amide bonds. The number of carbonyl (C=O) groups excluding carboxylic acids is 1. The van der Waals surface area contributed by atoms with Crippen LogP contribution < -0.4 is 0 Å². The van der Waals surface area contributed by atoms with Crippen molar-refractivity contribution in [2.24, 2.45) is 0 Å². The van der Waals surface area contributed by atoms with E-state index in [1.54, 1.807) is 23.5 Å². The van der Waals surface area contributed by atoms with Crippen LogP contribution in [-0.4, -0.2) is 17.3 Å². The largest absolute Gasteiger partial charge is 0.298 e. The molecule has 0 N–H and O–H groups in total. The van der Waals surface area contributed by atoms with Crippen LogP contribution in [0.2, 0.25) is 0 Å². The molecule has 1 rings (SSSR count). The molecule has 1 nitrogen and oxygen atoms in total. The van der Waals surface area contributed by atoms with Gasteiger partial charge in [0.2, 0.25) is 0 Å². The van der Waals surface area contributed by atoms with E-state index in [-0.39, 0.29) is 0 Å². The lowest BCUT2D eigenvalue weighted by molar-refractivity contribution is -0.114. The Kier molecular flexibility index (Phi) is 2.49. The number of thioether (sulfide) groups is 2. The van der Waals surface area contributed by atoms with Gasteiger partial charge in [0.05, 0.1) is 11.5 Å². The number of hydrogen-bond acceptors (Lipinski definition) is 3. The number of rotatable bonds is 0. The van der Waals surface area contributed by atoms with Crippen molar-refractivity contribution in [1.82, 2.24) is 0 Å². The Morgan fingerprint density at radius 3 is 2.25 bits per heavy atom. The molecule has 3 heteroatoms. The van der Waals surface area contributed by atoms with Crippen molar-refractivity contribution < 1.29 is 4.79 Å². The van der Waals surface area contributed by atoms with Crippen LogP contribution in [0.4, 0.5) is 0 Å². The van der Waals surface area contributed by atoms with Crippen LogP contribution in [-0.2, 0) is 4.79 Å². The second-order valence-corrected chi connectivity index (χ2v) is 3.22. The average molecular weight is 146 g/mol. The predicted octanol–water partition coefficient (Wildman–Crippen LogP) is 1.51. The molecule has 8 heavy (non-hydrogen) atoms. The summed E-state index contributed by atoms with van der Waals surface area (Å²) in [6.07, 6.45) is 0. The summed E-state index contributed by atoms with van der Waals surface area (Å²) in [5.74, 6) is 1.65. The summed E-state index contributed by atoms with van der Waals surface area (Å²) >= 11 is 3.15. The number of Topliss-reactive ketones (excluding diaryl/α,β-unsaturated/α-hetero) is 1. The highest BCUT2D eigenvalue weighted by Crippen LogP contribution is 2.14. The van der Waals surface area contributed by atoms with Gasteiger partial charge < -0.3 is 0 Å². The van der Waals surface area contributed by atoms with Crippen molar-refractivity contribution >= 4 is 29.3 Å². The van der Waals surface area contributed by atoms with E-state index in [1.165, 1.54) is 0 Å². The molecule has 0 aliphatic carbocycles. The topological polar surface area (TPSA) is 17.1 Å². The molecule has 0 aromatic carbocycles. The van der Waals surface area contributed by atoms with Crippen LogP contribution in [0.3, 0.4) is 0 Å². The van der Waals surface area contributed by atoms with Gasteiger partial charge >= 0.3 is 0 Å². The Hall–Kier alpha value is 0.110. The number of ketones is 1. The minimum Gasteiger partial charge on any atom is -0.298 e. The zero-order valence-corrected chi connectivity index (χ0v) is 5.93. The third-order valence-corrected chi connectivity index (χ3v) is 2.54. The fraction of sp³-hybridized carbons (Fsp3) is 0.400. The van der Waals surface area contributed by atoms with E-state index in [9.17, 15) is 4.79 Å². The molecule has 0 atom stereocenters. The lowest BCUT2D eigenvalue weighted by Crippen LogP contribution is -2.01. The van der Waals surface area contributed by atoms with Gasteiger partial charge in [0.25, 0.3) is 0 Å². The highest BCUT2D eigenvalue weighted by atomic mass is 32.2. The smallest absolute Gasteiger partial charge is 0.153 e. The molecule has 0 aromatic rings. The van der Waals surface area contributed by atoms with E-state index in [4.69, 9.17) is 0 Å². The lowest BCUT2D eigenvalue weighted by Gasteiger charge is -1.86. The van der Waals surface area contributed by atoms with Gasteiger partial charge in [-0.05, 0) is 10.8 Å². The first-order valence-corrected chi connectivity index (χ1v) is 4.39. The Bertz CT molecular complexity index is 108. The van der Waals surface area contributed by atoms with Crippen LogP contribution in [0, 0.1) is 0 Å². The minimum absolute atomic E-state index is 0.338. The summed E-state index contributed by atoms with van der Waals surface area (Å²) < 4.78 is 0. The molecule has 0 radical (unpaired) electrons. The summed E-state index contributed by atoms with van der Waals surface area (Å²) in [5.41, 5.74) is 0. The molecule has 0 unspecified atom stereocenters. The number of carbonyl (C=O) groups is 1. The minimum atomic E-state index is 0.338. The molecule has 0 saturated heterocycles. The van der Waals surface area contributed by atoms with Gasteiger partial charge in [-0.2, -0.15) is 0 Å². The first-order valence-electron chi connectivity index (χ1n) is 2.29. The Morgan fingerprint density at radius 2 is 1.75 bits per heavy atom. The van der Waals surface area contributed by atoms with E-state index in [0.717, 1.165) is 0 Å². The molecule has 0 aromatic heterocycles. The number of hydrogen-bond donors (Lipinski definition) is 0. The lowest BCUT2D eigenvalue weighted by atomic mass is 10.5. The quantitative estimate of drug-likeness (QED) is 0.515. The van der Waals surface area contributed by atoms with Crippen molar-refractivity contribution in [3.8, 4) is 0 Å². The summed E-state index contributed by atoms with van der Waals surface area (Å²) in [7, 11) is 0. The molecule has 0 spiro atoms. The second-order valence-electron chi connectivity index (χ2n) is 1.43. The van der Waals surface area contributed by atoms with Gasteiger partial charge in [-0.15, -0.1) is 23.5 Å². The maximum atomic E-state index is 10.6. The molecule has 1 aliphatic heterocycles. The van der Waals surface area contributed by atoms with Gasteiger partial charge in [-0.1, -0.05) is 0 Å². The van der Waals surface area contributed by atoms with Gasteiger partial charge in [0.1, 0.15) is 0 Å². The van der Waals surface area contributed by atoms with Crippen LogP contribution in [0.5, 0.6) is 0 Å². The SMILES string of the molecule is O=C1CSC=CSC1. The van der Waals surface area contributed by atoms with Crippen molar-refractivity contribution in [3.05, 3.63) is 10.8 Å². The van der Waals surface area contributed by atoms with E-state index < -0.39 is 0 Å². The molecule has 0 bridgehead atoms. The van der Waals surface area contributed by atoms with E-state index in [1.807, 2.05) is 10.8 Å². The summed E-state index contributed by atoms with van der Waals surface area (Å²) in [4.78, 5) is 10.6. The molecule has 44 valence electrons. The summed E-state index contributed by atoms with van der Waals surface area (Å²) in [5, 5.41) is 3.94. The predicted molar refractivity (Wildman–Crippen MR) is 39.1 cm³/mol. The molecular formula is C5H6OS2. The first-order chi connectivity index (χ1) is 3.89. The highest BCUT2D eigenvalue weighted by molar-refractivity contribution is 8.07.